The van der Waals surface area contributed by atoms with Crippen LogP contribution in [0.1, 0.15) is 28.8 Å². The lowest BCUT2D eigenvalue weighted by Crippen LogP contribution is -2.30. The number of nitrogens with zero attached hydrogens (tertiary/aromatic N) is 1. The first kappa shape index (κ1) is 20.0. The molecule has 2 aromatic rings. The number of hydrogen-bond donors (Lipinski definition) is 1. The summed E-state index contributed by atoms with van der Waals surface area (Å²) >= 11 is 0. The highest BCUT2D eigenvalue weighted by Crippen LogP contribution is 2.29. The number of nitrogens with one attached hydrogen (secondary N) is 1. The summed E-state index contributed by atoms with van der Waals surface area (Å²) in [4.78, 5) is 37.3. The average Bonchev–Trinajstić information content (AvgIpc) is 3.29. The maximum absolute atomic E-state index is 12.6. The zero-order valence-corrected chi connectivity index (χ0v) is 16.2. The molecular formula is C20H20N2O7. The molecule has 0 radical (unpaired) electrons. The lowest BCUT2D eigenvalue weighted by molar-refractivity contribution is -0.123. The van der Waals surface area contributed by atoms with Crippen LogP contribution in [0.25, 0.3) is 6.08 Å². The van der Waals surface area contributed by atoms with Gasteiger partial charge >= 0.3 is 12.0 Å². The van der Waals surface area contributed by atoms with Crippen LogP contribution in [0, 0.1) is 0 Å². The predicted octanol–water partition coefficient (Wildman–Crippen LogP) is 2.57. The van der Waals surface area contributed by atoms with Gasteiger partial charge in [0, 0.05) is 0 Å². The normalized spacial score (nSPS) is 14.9. The molecule has 0 atom stereocenters. The van der Waals surface area contributed by atoms with Gasteiger partial charge in [-0.1, -0.05) is 6.07 Å². The molecule has 9 heteroatoms. The number of urea groups is 1. The van der Waals surface area contributed by atoms with Crippen molar-refractivity contribution in [2.24, 2.45) is 0 Å². The Hall–Kier alpha value is -3.75. The largest absolute Gasteiger partial charge is 0.493 e. The molecule has 3 amide bonds. The van der Waals surface area contributed by atoms with Crippen LogP contribution in [-0.2, 0) is 16.1 Å². The van der Waals surface area contributed by atoms with Gasteiger partial charge in [-0.05, 0) is 42.8 Å². The number of benzene rings is 1. The van der Waals surface area contributed by atoms with Gasteiger partial charge in [0.2, 0.25) is 5.76 Å². The van der Waals surface area contributed by atoms with Crippen LogP contribution in [0.4, 0.5) is 4.79 Å². The molecular weight excluding hydrogens is 380 g/mol. The summed E-state index contributed by atoms with van der Waals surface area (Å²) in [6, 6.07) is 7.52. The highest BCUT2D eigenvalue weighted by Gasteiger charge is 2.34. The third-order valence-corrected chi connectivity index (χ3v) is 4.12. The van der Waals surface area contributed by atoms with Crippen LogP contribution < -0.4 is 14.8 Å². The summed E-state index contributed by atoms with van der Waals surface area (Å²) in [6.45, 7) is 2.24. The van der Waals surface area contributed by atoms with E-state index in [0.29, 0.717) is 23.7 Å². The Kier molecular flexibility index (Phi) is 5.87. The first-order valence-electron chi connectivity index (χ1n) is 8.79. The smallest absolute Gasteiger partial charge is 0.373 e. The van der Waals surface area contributed by atoms with Crippen LogP contribution in [0.2, 0.25) is 0 Å². The number of rotatable bonds is 7. The summed E-state index contributed by atoms with van der Waals surface area (Å²) in [5.74, 6) is 0.211. The summed E-state index contributed by atoms with van der Waals surface area (Å²) in [5.41, 5.74) is 0.766. The van der Waals surface area contributed by atoms with Crippen LogP contribution in [0.5, 0.6) is 11.5 Å². The highest BCUT2D eigenvalue weighted by molar-refractivity contribution is 6.13. The van der Waals surface area contributed by atoms with Crippen molar-refractivity contribution >= 4 is 24.0 Å². The molecule has 0 unspecified atom stereocenters. The third-order valence-electron chi connectivity index (χ3n) is 4.12. The van der Waals surface area contributed by atoms with E-state index >= 15 is 0 Å². The van der Waals surface area contributed by atoms with Crippen LogP contribution in [0.3, 0.4) is 0 Å². The zero-order chi connectivity index (χ0) is 21.0. The first-order valence-corrected chi connectivity index (χ1v) is 8.79. The average molecular weight is 400 g/mol. The van der Waals surface area contributed by atoms with Crippen molar-refractivity contribution in [2.45, 2.75) is 13.5 Å². The molecule has 0 aliphatic carbocycles. The van der Waals surface area contributed by atoms with E-state index in [0.717, 1.165) is 4.90 Å². The van der Waals surface area contributed by atoms with Crippen molar-refractivity contribution in [2.75, 3.05) is 20.8 Å². The quantitative estimate of drug-likeness (QED) is 0.432. The molecule has 0 bridgehead atoms. The number of imide groups is 1. The highest BCUT2D eigenvalue weighted by atomic mass is 16.5. The van der Waals surface area contributed by atoms with Crippen molar-refractivity contribution in [3.05, 3.63) is 53.1 Å². The molecule has 29 heavy (non-hydrogen) atoms. The standard InChI is InChI=1S/C20H20N2O7/c1-4-28-15-7-5-12(10-17(15)26-2)9-14-18(23)22(20(25)21-14)11-13-6-8-16(29-13)19(24)27-3/h5-10H,4,11H2,1-3H3,(H,21,25)/b14-9-. The van der Waals surface area contributed by atoms with E-state index in [1.54, 1.807) is 24.3 Å². The minimum atomic E-state index is -0.640. The van der Waals surface area contributed by atoms with Gasteiger partial charge < -0.3 is 23.9 Å². The monoisotopic (exact) mass is 400 g/mol. The number of carbonyl (C=O) groups is 3. The zero-order valence-electron chi connectivity index (χ0n) is 16.2. The van der Waals surface area contributed by atoms with Crippen LogP contribution in [0.15, 0.2) is 40.4 Å². The Labute approximate surface area is 166 Å². The summed E-state index contributed by atoms with van der Waals surface area (Å²) in [5, 5.41) is 2.53. The molecule has 1 aromatic heterocycles. The molecule has 1 aliphatic heterocycles. The molecule has 152 valence electrons. The maximum atomic E-state index is 12.6. The van der Waals surface area contributed by atoms with Crippen molar-refractivity contribution in [1.82, 2.24) is 10.2 Å². The lowest BCUT2D eigenvalue weighted by atomic mass is 10.1. The number of esters is 1. The van der Waals surface area contributed by atoms with Crippen molar-refractivity contribution in [3.8, 4) is 11.5 Å². The van der Waals surface area contributed by atoms with Gasteiger partial charge in [-0.2, -0.15) is 0 Å². The first-order chi connectivity index (χ1) is 14.0. The van der Waals surface area contributed by atoms with Crippen molar-refractivity contribution < 1.29 is 33.0 Å². The topological polar surface area (TPSA) is 107 Å². The predicted molar refractivity (Wildman–Crippen MR) is 101 cm³/mol. The lowest BCUT2D eigenvalue weighted by Gasteiger charge is -2.10. The molecule has 9 nitrogen and oxygen atoms in total. The molecule has 0 spiro atoms. The summed E-state index contributed by atoms with van der Waals surface area (Å²) < 4.78 is 20.6. The molecule has 2 heterocycles. The Morgan fingerprint density at radius 2 is 1.97 bits per heavy atom. The van der Waals surface area contributed by atoms with Crippen LogP contribution >= 0.6 is 0 Å². The van der Waals surface area contributed by atoms with Gasteiger partial charge in [0.1, 0.15) is 11.5 Å². The maximum Gasteiger partial charge on any atom is 0.373 e. The van der Waals surface area contributed by atoms with Gasteiger partial charge in [0.05, 0.1) is 27.4 Å². The molecule has 1 saturated heterocycles. The number of amides is 3. The van der Waals surface area contributed by atoms with E-state index in [4.69, 9.17) is 13.9 Å². The number of hydrogen-bond acceptors (Lipinski definition) is 7. The van der Waals surface area contributed by atoms with Crippen LogP contribution in [-0.4, -0.2) is 43.6 Å². The van der Waals surface area contributed by atoms with Gasteiger partial charge in [0.25, 0.3) is 5.91 Å². The van der Waals surface area contributed by atoms with Gasteiger partial charge in [0.15, 0.2) is 11.5 Å². The number of furan rings is 1. The molecule has 0 saturated carbocycles. The van der Waals surface area contributed by atoms with E-state index in [9.17, 15) is 14.4 Å². The fourth-order valence-electron chi connectivity index (χ4n) is 2.76. The van der Waals surface area contributed by atoms with Gasteiger partial charge in [-0.25, -0.2) is 9.59 Å². The van der Waals surface area contributed by atoms with E-state index in [1.165, 1.54) is 26.4 Å². The Balaban J connectivity index is 1.78. The second-order valence-electron chi connectivity index (χ2n) is 5.98. The van der Waals surface area contributed by atoms with Gasteiger partial charge in [-0.15, -0.1) is 0 Å². The molecule has 1 aliphatic rings. The Bertz CT molecular complexity index is 977. The van der Waals surface area contributed by atoms with Crippen molar-refractivity contribution in [3.63, 3.8) is 0 Å². The third kappa shape index (κ3) is 4.23. The fourth-order valence-corrected chi connectivity index (χ4v) is 2.76. The minimum Gasteiger partial charge on any atom is -0.493 e. The van der Waals surface area contributed by atoms with E-state index in [2.05, 4.69) is 10.1 Å². The minimum absolute atomic E-state index is 0.00759. The summed E-state index contributed by atoms with van der Waals surface area (Å²) in [6.07, 6.45) is 1.54. The Morgan fingerprint density at radius 1 is 1.17 bits per heavy atom. The number of methoxy groups -OCH3 is 2. The van der Waals surface area contributed by atoms with Crippen molar-refractivity contribution in [1.29, 1.82) is 0 Å². The van der Waals surface area contributed by atoms with E-state index in [-0.39, 0.29) is 23.8 Å². The van der Waals surface area contributed by atoms with E-state index in [1.807, 2.05) is 6.92 Å². The molecule has 3 rings (SSSR count). The SMILES string of the molecule is CCOc1ccc(/C=C2\NC(=O)N(Cc3ccc(C(=O)OC)o3)C2=O)cc1OC. The second-order valence-corrected chi connectivity index (χ2v) is 5.98. The Morgan fingerprint density at radius 3 is 2.66 bits per heavy atom. The second kappa shape index (κ2) is 8.51. The number of carbonyl (C=O) groups excluding carboxylic acids is 3. The number of ether oxygens (including phenoxy) is 3. The van der Waals surface area contributed by atoms with E-state index < -0.39 is 17.9 Å². The molecule has 1 fully saturated rings. The molecule has 1 N–H and O–H groups in total. The molecule has 1 aromatic carbocycles. The summed E-state index contributed by atoms with van der Waals surface area (Å²) in [7, 11) is 2.75. The van der Waals surface area contributed by atoms with Gasteiger partial charge in [-0.3, -0.25) is 9.69 Å². The fraction of sp³-hybridized carbons (Fsp3) is 0.250.